The molecule has 0 saturated heterocycles. The first-order valence-corrected chi connectivity index (χ1v) is 9.82. The lowest BCUT2D eigenvalue weighted by atomic mass is 10.2. The van der Waals surface area contributed by atoms with E-state index in [1.54, 1.807) is 0 Å². The number of likely N-dealkylation sites (N-methyl/N-ethyl adjacent to an activating group) is 1. The molecule has 0 atom stereocenters. The molecule has 0 saturated carbocycles. The minimum atomic E-state index is -4.89. The molecule has 0 heterocycles. The van der Waals surface area contributed by atoms with Crippen LogP contribution in [0.4, 0.5) is 17.6 Å². The first-order chi connectivity index (χ1) is 13.5. The Balaban J connectivity index is 2.03. The summed E-state index contributed by atoms with van der Waals surface area (Å²) in [7, 11) is -4.11. The van der Waals surface area contributed by atoms with E-state index in [1.165, 1.54) is 31.2 Å². The van der Waals surface area contributed by atoms with Gasteiger partial charge in [-0.3, -0.25) is 4.79 Å². The van der Waals surface area contributed by atoms with Crippen LogP contribution in [0.25, 0.3) is 0 Å². The fourth-order valence-corrected chi connectivity index (χ4v) is 3.75. The summed E-state index contributed by atoms with van der Waals surface area (Å²) in [6, 6.07) is 9.12. The van der Waals surface area contributed by atoms with E-state index in [1.807, 2.05) is 0 Å². The van der Waals surface area contributed by atoms with Crippen molar-refractivity contribution in [2.45, 2.75) is 24.7 Å². The van der Waals surface area contributed by atoms with Gasteiger partial charge in [0.15, 0.2) is 0 Å². The van der Waals surface area contributed by atoms with Gasteiger partial charge in [-0.1, -0.05) is 19.1 Å². The maximum Gasteiger partial charge on any atom is 0.573 e. The van der Waals surface area contributed by atoms with Crippen molar-refractivity contribution < 1.29 is 35.5 Å². The Kier molecular flexibility index (Phi) is 7.20. The van der Waals surface area contributed by atoms with Crippen LogP contribution in [0, 0.1) is 5.82 Å². The summed E-state index contributed by atoms with van der Waals surface area (Å²) in [5, 5.41) is 2.53. The molecular weight excluding hydrogens is 416 g/mol. The Labute approximate surface area is 165 Å². The van der Waals surface area contributed by atoms with E-state index in [0.717, 1.165) is 28.6 Å². The SMILES string of the molecule is CCN(CC(=O)NCc1ccc(F)cc1)S(=O)(=O)c1ccc(OC(F)(F)F)cc1. The van der Waals surface area contributed by atoms with Crippen molar-refractivity contribution in [2.24, 2.45) is 0 Å². The summed E-state index contributed by atoms with van der Waals surface area (Å²) in [5.41, 5.74) is 0.630. The van der Waals surface area contributed by atoms with Gasteiger partial charge in [0.2, 0.25) is 15.9 Å². The van der Waals surface area contributed by atoms with Crippen LogP contribution in [-0.2, 0) is 21.4 Å². The quantitative estimate of drug-likeness (QED) is 0.648. The lowest BCUT2D eigenvalue weighted by molar-refractivity contribution is -0.274. The molecule has 2 rings (SSSR count). The van der Waals surface area contributed by atoms with Crippen LogP contribution in [0.3, 0.4) is 0 Å². The van der Waals surface area contributed by atoms with Crippen LogP contribution in [0.15, 0.2) is 53.4 Å². The lowest BCUT2D eigenvalue weighted by Crippen LogP contribution is -2.40. The third kappa shape index (κ3) is 6.71. The summed E-state index contributed by atoms with van der Waals surface area (Å²) in [6.07, 6.45) is -4.89. The molecule has 1 amide bonds. The number of carbonyl (C=O) groups is 1. The van der Waals surface area contributed by atoms with Crippen LogP contribution in [-0.4, -0.2) is 38.1 Å². The van der Waals surface area contributed by atoms with Gasteiger partial charge in [0.05, 0.1) is 11.4 Å². The highest BCUT2D eigenvalue weighted by Gasteiger charge is 2.31. The van der Waals surface area contributed by atoms with Crippen LogP contribution in [0.1, 0.15) is 12.5 Å². The van der Waals surface area contributed by atoms with Crippen LogP contribution in [0.5, 0.6) is 5.75 Å². The molecule has 0 radical (unpaired) electrons. The van der Waals surface area contributed by atoms with Crippen molar-refractivity contribution in [3.05, 3.63) is 59.9 Å². The van der Waals surface area contributed by atoms with E-state index in [2.05, 4.69) is 10.1 Å². The van der Waals surface area contributed by atoms with Gasteiger partial charge in [-0.05, 0) is 42.0 Å². The number of carbonyl (C=O) groups excluding carboxylic acids is 1. The first kappa shape index (κ1) is 22.6. The highest BCUT2D eigenvalue weighted by Crippen LogP contribution is 2.25. The standard InChI is InChI=1S/C18H18F4N2O4S/c1-2-24(12-17(25)23-11-13-3-5-14(19)6-4-13)29(26,27)16-9-7-15(8-10-16)28-18(20,21)22/h3-10H,2,11-12H2,1H3,(H,23,25). The number of nitrogens with one attached hydrogen (secondary N) is 1. The van der Waals surface area contributed by atoms with Crippen LogP contribution < -0.4 is 10.1 Å². The maximum atomic E-state index is 12.9. The summed E-state index contributed by atoms with van der Waals surface area (Å²) < 4.78 is 79.4. The van der Waals surface area contributed by atoms with Gasteiger partial charge in [-0.25, -0.2) is 12.8 Å². The zero-order valence-electron chi connectivity index (χ0n) is 15.2. The average molecular weight is 434 g/mol. The van der Waals surface area contributed by atoms with Gasteiger partial charge >= 0.3 is 6.36 Å². The fraction of sp³-hybridized carbons (Fsp3) is 0.278. The molecule has 0 aliphatic carbocycles. The second-order valence-electron chi connectivity index (χ2n) is 5.85. The van der Waals surface area contributed by atoms with Crippen molar-refractivity contribution in [3.63, 3.8) is 0 Å². The van der Waals surface area contributed by atoms with E-state index in [0.29, 0.717) is 5.56 Å². The zero-order valence-corrected chi connectivity index (χ0v) is 16.1. The number of alkyl halides is 3. The number of hydrogen-bond donors (Lipinski definition) is 1. The van der Waals surface area contributed by atoms with Crippen LogP contribution >= 0.6 is 0 Å². The molecule has 2 aromatic rings. The number of nitrogens with zero attached hydrogens (tertiary/aromatic N) is 1. The summed E-state index contributed by atoms with van der Waals surface area (Å²) in [5.74, 6) is -1.57. The largest absolute Gasteiger partial charge is 0.573 e. The highest BCUT2D eigenvalue weighted by molar-refractivity contribution is 7.89. The number of halogens is 4. The smallest absolute Gasteiger partial charge is 0.406 e. The van der Waals surface area contributed by atoms with Crippen molar-refractivity contribution in [1.29, 1.82) is 0 Å². The number of sulfonamides is 1. The number of ether oxygens (including phenoxy) is 1. The topological polar surface area (TPSA) is 75.7 Å². The molecule has 0 aromatic heterocycles. The third-order valence-electron chi connectivity index (χ3n) is 3.77. The monoisotopic (exact) mass is 434 g/mol. The first-order valence-electron chi connectivity index (χ1n) is 8.38. The van der Waals surface area contributed by atoms with Gasteiger partial charge in [0.25, 0.3) is 0 Å². The Bertz CT molecular complexity index is 930. The van der Waals surface area contributed by atoms with E-state index in [4.69, 9.17) is 0 Å². The summed E-state index contributed by atoms with van der Waals surface area (Å²) in [4.78, 5) is 11.8. The number of benzene rings is 2. The summed E-state index contributed by atoms with van der Waals surface area (Å²) in [6.45, 7) is 1.08. The van der Waals surface area contributed by atoms with Gasteiger partial charge < -0.3 is 10.1 Å². The lowest BCUT2D eigenvalue weighted by Gasteiger charge is -2.20. The molecule has 0 unspecified atom stereocenters. The minimum Gasteiger partial charge on any atom is -0.406 e. The normalized spacial score (nSPS) is 12.1. The zero-order chi connectivity index (χ0) is 21.7. The maximum absolute atomic E-state index is 12.9. The van der Waals surface area contributed by atoms with Gasteiger partial charge in [0.1, 0.15) is 11.6 Å². The van der Waals surface area contributed by atoms with Crippen molar-refractivity contribution >= 4 is 15.9 Å². The van der Waals surface area contributed by atoms with Crippen molar-refractivity contribution in [1.82, 2.24) is 9.62 Å². The van der Waals surface area contributed by atoms with E-state index in [9.17, 15) is 30.8 Å². The highest BCUT2D eigenvalue weighted by atomic mass is 32.2. The van der Waals surface area contributed by atoms with Gasteiger partial charge in [-0.15, -0.1) is 13.2 Å². The molecule has 0 spiro atoms. The summed E-state index contributed by atoms with van der Waals surface area (Å²) >= 11 is 0. The van der Waals surface area contributed by atoms with E-state index >= 15 is 0 Å². The molecule has 0 aliphatic heterocycles. The molecule has 2 aromatic carbocycles. The Morgan fingerprint density at radius 2 is 1.66 bits per heavy atom. The Hall–Kier alpha value is -2.66. The second kappa shape index (κ2) is 9.23. The molecule has 158 valence electrons. The van der Waals surface area contributed by atoms with E-state index < -0.39 is 40.4 Å². The van der Waals surface area contributed by atoms with Crippen molar-refractivity contribution in [3.8, 4) is 5.75 Å². The fourth-order valence-electron chi connectivity index (χ4n) is 2.35. The molecule has 29 heavy (non-hydrogen) atoms. The predicted octanol–water partition coefficient (Wildman–Crippen LogP) is 3.05. The molecule has 0 aliphatic rings. The average Bonchev–Trinajstić information content (AvgIpc) is 2.64. The van der Waals surface area contributed by atoms with Crippen molar-refractivity contribution in [2.75, 3.05) is 13.1 Å². The molecular formula is C18H18F4N2O4S. The van der Waals surface area contributed by atoms with Gasteiger partial charge in [0, 0.05) is 13.1 Å². The third-order valence-corrected chi connectivity index (χ3v) is 5.71. The Morgan fingerprint density at radius 3 is 2.17 bits per heavy atom. The molecule has 1 N–H and O–H groups in total. The van der Waals surface area contributed by atoms with Gasteiger partial charge in [-0.2, -0.15) is 4.31 Å². The van der Waals surface area contributed by atoms with Crippen LogP contribution in [0.2, 0.25) is 0 Å². The minimum absolute atomic E-state index is 0.0346. The van der Waals surface area contributed by atoms with E-state index in [-0.39, 0.29) is 18.0 Å². The predicted molar refractivity (Wildman–Crippen MR) is 95.8 cm³/mol. The molecule has 11 heteroatoms. The number of rotatable bonds is 8. The molecule has 6 nitrogen and oxygen atoms in total. The molecule has 0 fully saturated rings. The number of hydrogen-bond acceptors (Lipinski definition) is 4. The second-order valence-corrected chi connectivity index (χ2v) is 7.79. The Morgan fingerprint density at radius 1 is 1.07 bits per heavy atom. The number of amides is 1. The molecule has 0 bridgehead atoms.